The molecule has 5 heteroatoms. The van der Waals surface area contributed by atoms with E-state index >= 15 is 0 Å². The quantitative estimate of drug-likeness (QED) is 0.858. The molecule has 0 saturated heterocycles. The van der Waals surface area contributed by atoms with Gasteiger partial charge in [-0.25, -0.2) is 0 Å². The molecule has 1 aromatic heterocycles. The number of rotatable bonds is 3. The molecule has 0 unspecified atom stereocenters. The van der Waals surface area contributed by atoms with E-state index in [1.54, 1.807) is 19.2 Å². The van der Waals surface area contributed by atoms with E-state index in [1.165, 1.54) is 11.7 Å². The van der Waals surface area contributed by atoms with E-state index in [1.807, 2.05) is 19.9 Å². The number of hydrogen-bond acceptors (Lipinski definition) is 4. The second-order valence-corrected chi connectivity index (χ2v) is 4.67. The van der Waals surface area contributed by atoms with Crippen molar-refractivity contribution in [1.29, 1.82) is 0 Å². The van der Waals surface area contributed by atoms with Crippen LogP contribution in [0.3, 0.4) is 0 Å². The summed E-state index contributed by atoms with van der Waals surface area (Å²) in [4.78, 5) is 12.3. The Morgan fingerprint density at radius 1 is 1.26 bits per heavy atom. The van der Waals surface area contributed by atoms with Crippen molar-refractivity contribution in [1.82, 2.24) is 4.57 Å². The van der Waals surface area contributed by atoms with Gasteiger partial charge in [0.05, 0.1) is 18.7 Å². The average Bonchev–Trinajstić information content (AvgIpc) is 2.36. The molecule has 2 rings (SSSR count). The molecule has 0 aliphatic carbocycles. The van der Waals surface area contributed by atoms with Gasteiger partial charge in [0.1, 0.15) is 0 Å². The molecule has 0 amide bonds. The normalized spacial score (nSPS) is 11.0. The molecule has 0 spiro atoms. The zero-order valence-electron chi connectivity index (χ0n) is 11.6. The van der Waals surface area contributed by atoms with Crippen LogP contribution in [0.4, 0.5) is 5.69 Å². The SMILES string of the molecule is COc1c(OC(C)C)c(=O)n(C)c2cc(N)ccc12. The van der Waals surface area contributed by atoms with Crippen LogP contribution in [0.2, 0.25) is 0 Å². The molecule has 0 aliphatic rings. The number of ether oxygens (including phenoxy) is 2. The molecular formula is C14H18N2O3. The first kappa shape index (κ1) is 13.3. The third kappa shape index (κ3) is 2.23. The van der Waals surface area contributed by atoms with Crippen molar-refractivity contribution >= 4 is 16.6 Å². The molecule has 1 aromatic carbocycles. The Morgan fingerprint density at radius 2 is 1.95 bits per heavy atom. The van der Waals surface area contributed by atoms with Gasteiger partial charge < -0.3 is 19.8 Å². The summed E-state index contributed by atoms with van der Waals surface area (Å²) >= 11 is 0. The molecule has 2 N–H and O–H groups in total. The maximum atomic E-state index is 12.3. The Morgan fingerprint density at radius 3 is 2.53 bits per heavy atom. The summed E-state index contributed by atoms with van der Waals surface area (Å²) < 4.78 is 12.5. The number of hydrogen-bond donors (Lipinski definition) is 1. The molecule has 0 aliphatic heterocycles. The van der Waals surface area contributed by atoms with Gasteiger partial charge in [-0.1, -0.05) is 0 Å². The van der Waals surface area contributed by atoms with E-state index in [0.29, 0.717) is 11.4 Å². The standard InChI is InChI=1S/C14H18N2O3/c1-8(2)19-13-12(18-4)10-6-5-9(15)7-11(10)16(3)14(13)17/h5-8H,15H2,1-4H3. The maximum absolute atomic E-state index is 12.3. The number of aryl methyl sites for hydroxylation is 1. The van der Waals surface area contributed by atoms with Crippen LogP contribution in [0, 0.1) is 0 Å². The largest absolute Gasteiger partial charge is 0.492 e. The van der Waals surface area contributed by atoms with Crippen LogP contribution in [0.1, 0.15) is 13.8 Å². The molecule has 5 nitrogen and oxygen atoms in total. The summed E-state index contributed by atoms with van der Waals surface area (Å²) in [6, 6.07) is 5.35. The third-order valence-electron chi connectivity index (χ3n) is 2.89. The van der Waals surface area contributed by atoms with Gasteiger partial charge in [0.2, 0.25) is 5.75 Å². The van der Waals surface area contributed by atoms with Crippen molar-refractivity contribution in [3.05, 3.63) is 28.6 Å². The van der Waals surface area contributed by atoms with Crippen LogP contribution in [0.25, 0.3) is 10.9 Å². The molecule has 2 aromatic rings. The van der Waals surface area contributed by atoms with Gasteiger partial charge in [0.25, 0.3) is 5.56 Å². The number of fused-ring (bicyclic) bond motifs is 1. The Bertz CT molecular complexity index is 674. The Kier molecular flexibility index (Phi) is 3.38. The van der Waals surface area contributed by atoms with Crippen molar-refractivity contribution in [2.75, 3.05) is 12.8 Å². The van der Waals surface area contributed by atoms with Crippen LogP contribution in [-0.4, -0.2) is 17.8 Å². The number of methoxy groups -OCH3 is 1. The van der Waals surface area contributed by atoms with E-state index in [2.05, 4.69) is 0 Å². The molecule has 102 valence electrons. The van der Waals surface area contributed by atoms with E-state index in [0.717, 1.165) is 10.9 Å². The minimum Gasteiger partial charge on any atom is -0.492 e. The molecule has 1 heterocycles. The fourth-order valence-electron chi connectivity index (χ4n) is 2.04. The fourth-order valence-corrected chi connectivity index (χ4v) is 2.04. The van der Waals surface area contributed by atoms with Crippen molar-refractivity contribution in [3.63, 3.8) is 0 Å². The maximum Gasteiger partial charge on any atom is 0.297 e. The van der Waals surface area contributed by atoms with Crippen molar-refractivity contribution < 1.29 is 9.47 Å². The highest BCUT2D eigenvalue weighted by Crippen LogP contribution is 2.33. The minimum atomic E-state index is -0.233. The fraction of sp³-hybridized carbons (Fsp3) is 0.357. The number of pyridine rings is 1. The van der Waals surface area contributed by atoms with Crippen molar-refractivity contribution in [2.24, 2.45) is 7.05 Å². The first-order valence-electron chi connectivity index (χ1n) is 6.08. The minimum absolute atomic E-state index is 0.104. The van der Waals surface area contributed by atoms with Gasteiger partial charge in [-0.2, -0.15) is 0 Å². The summed E-state index contributed by atoms with van der Waals surface area (Å²) in [6.45, 7) is 3.73. The summed E-state index contributed by atoms with van der Waals surface area (Å²) in [5.41, 5.74) is 6.85. The zero-order chi connectivity index (χ0) is 14.2. The molecule has 19 heavy (non-hydrogen) atoms. The number of nitrogens with zero attached hydrogens (tertiary/aromatic N) is 1. The zero-order valence-corrected chi connectivity index (χ0v) is 11.6. The molecule has 0 saturated carbocycles. The predicted molar refractivity (Wildman–Crippen MR) is 75.9 cm³/mol. The van der Waals surface area contributed by atoms with Gasteiger partial charge in [-0.3, -0.25) is 4.79 Å². The van der Waals surface area contributed by atoms with E-state index in [9.17, 15) is 4.79 Å². The number of anilines is 1. The summed E-state index contributed by atoms with van der Waals surface area (Å²) in [5, 5.41) is 0.800. The molecule has 0 fully saturated rings. The van der Waals surface area contributed by atoms with Gasteiger partial charge >= 0.3 is 0 Å². The Hall–Kier alpha value is -2.17. The summed E-state index contributed by atoms with van der Waals surface area (Å²) in [6.07, 6.45) is -0.104. The van der Waals surface area contributed by atoms with Crippen LogP contribution in [0.15, 0.2) is 23.0 Å². The molecular weight excluding hydrogens is 244 g/mol. The summed E-state index contributed by atoms with van der Waals surface area (Å²) in [5.74, 6) is 0.684. The van der Waals surface area contributed by atoms with Crippen LogP contribution < -0.4 is 20.8 Å². The van der Waals surface area contributed by atoms with Gasteiger partial charge in [-0.15, -0.1) is 0 Å². The summed E-state index contributed by atoms with van der Waals surface area (Å²) in [7, 11) is 3.22. The molecule has 0 radical (unpaired) electrons. The third-order valence-corrected chi connectivity index (χ3v) is 2.89. The van der Waals surface area contributed by atoms with Crippen LogP contribution in [0.5, 0.6) is 11.5 Å². The average molecular weight is 262 g/mol. The second-order valence-electron chi connectivity index (χ2n) is 4.67. The van der Waals surface area contributed by atoms with Crippen LogP contribution >= 0.6 is 0 Å². The van der Waals surface area contributed by atoms with Gasteiger partial charge in [0.15, 0.2) is 5.75 Å². The molecule has 0 bridgehead atoms. The van der Waals surface area contributed by atoms with E-state index in [-0.39, 0.29) is 17.4 Å². The van der Waals surface area contributed by atoms with Crippen molar-refractivity contribution in [3.8, 4) is 11.5 Å². The number of nitrogen functional groups attached to an aromatic ring is 1. The van der Waals surface area contributed by atoms with E-state index < -0.39 is 0 Å². The Labute approximate surface area is 111 Å². The topological polar surface area (TPSA) is 66.5 Å². The molecule has 0 atom stereocenters. The highest BCUT2D eigenvalue weighted by Gasteiger charge is 2.18. The monoisotopic (exact) mass is 262 g/mol. The van der Waals surface area contributed by atoms with Gasteiger partial charge in [-0.05, 0) is 32.0 Å². The smallest absolute Gasteiger partial charge is 0.297 e. The lowest BCUT2D eigenvalue weighted by molar-refractivity contribution is 0.226. The second kappa shape index (κ2) is 4.84. The number of nitrogens with two attached hydrogens (primary N) is 1. The lowest BCUT2D eigenvalue weighted by Crippen LogP contribution is -2.23. The lowest BCUT2D eigenvalue weighted by atomic mass is 10.1. The first-order chi connectivity index (χ1) is 8.95. The van der Waals surface area contributed by atoms with Crippen LogP contribution in [-0.2, 0) is 7.05 Å². The number of aromatic nitrogens is 1. The highest BCUT2D eigenvalue weighted by atomic mass is 16.5. The van der Waals surface area contributed by atoms with E-state index in [4.69, 9.17) is 15.2 Å². The highest BCUT2D eigenvalue weighted by molar-refractivity contribution is 5.90. The lowest BCUT2D eigenvalue weighted by Gasteiger charge is -2.17. The predicted octanol–water partition coefficient (Wildman–Crippen LogP) is 1.92. The first-order valence-corrected chi connectivity index (χ1v) is 6.08. The van der Waals surface area contributed by atoms with Gasteiger partial charge in [0, 0.05) is 18.1 Å². The van der Waals surface area contributed by atoms with Crippen molar-refractivity contribution in [2.45, 2.75) is 20.0 Å². The Balaban J connectivity index is 2.87. The number of benzene rings is 1.